The van der Waals surface area contributed by atoms with Gasteiger partial charge in [0.25, 0.3) is 5.91 Å². The van der Waals surface area contributed by atoms with Crippen molar-refractivity contribution in [3.63, 3.8) is 0 Å². The highest BCUT2D eigenvalue weighted by molar-refractivity contribution is 9.10. The zero-order valence-corrected chi connectivity index (χ0v) is 13.5. The summed E-state index contributed by atoms with van der Waals surface area (Å²) in [6, 6.07) is 10.8. The Morgan fingerprint density at radius 1 is 1.33 bits per heavy atom. The van der Waals surface area contributed by atoms with Crippen LogP contribution in [0.15, 0.2) is 52.1 Å². The molecule has 7 heteroatoms. The summed E-state index contributed by atoms with van der Waals surface area (Å²) in [6.45, 7) is 0.461. The first kappa shape index (κ1) is 15.8. The fraction of sp³-hybridized carbons (Fsp3) is 0.143. The van der Waals surface area contributed by atoms with E-state index in [-0.39, 0.29) is 5.91 Å². The molecule has 1 aromatic heterocycles. The van der Waals surface area contributed by atoms with Gasteiger partial charge in [0.2, 0.25) is 0 Å². The second-order valence-electron chi connectivity index (χ2n) is 3.96. The van der Waals surface area contributed by atoms with E-state index in [4.69, 9.17) is 10.6 Å². The highest BCUT2D eigenvalue weighted by Crippen LogP contribution is 2.25. The third-order valence-corrected chi connectivity index (χ3v) is 4.44. The van der Waals surface area contributed by atoms with Gasteiger partial charge in [-0.3, -0.25) is 10.2 Å². The number of hydrogen-bond donors (Lipinski definition) is 2. The van der Waals surface area contributed by atoms with Gasteiger partial charge in [-0.2, -0.15) is 0 Å². The van der Waals surface area contributed by atoms with E-state index in [1.54, 1.807) is 36.2 Å². The van der Waals surface area contributed by atoms with Crippen molar-refractivity contribution in [1.82, 2.24) is 10.4 Å². The molecule has 21 heavy (non-hydrogen) atoms. The lowest BCUT2D eigenvalue weighted by Gasteiger charge is -2.10. The Balaban J connectivity index is 1.90. The Kier molecular flexibility index (Phi) is 6.04. The number of thioether (sulfide) groups is 1. The van der Waals surface area contributed by atoms with Gasteiger partial charge in [-0.1, -0.05) is 12.1 Å². The van der Waals surface area contributed by atoms with Crippen LogP contribution in [0.3, 0.4) is 0 Å². The molecule has 0 unspecified atom stereocenters. The normalized spacial score (nSPS) is 10.2. The third-order valence-electron chi connectivity index (χ3n) is 2.57. The molecule has 110 valence electrons. The molecule has 0 saturated carbocycles. The number of hydrazine groups is 1. The highest BCUT2D eigenvalue weighted by Gasteiger charge is 2.10. The molecule has 3 N–H and O–H groups in total. The van der Waals surface area contributed by atoms with Crippen LogP contribution < -0.4 is 16.0 Å². The van der Waals surface area contributed by atoms with E-state index in [9.17, 15) is 4.79 Å². The SMILES string of the molecule is NNC(=O)c1ccccc1OCCSc1ncccc1Br. The van der Waals surface area contributed by atoms with Gasteiger partial charge in [-0.05, 0) is 40.2 Å². The number of nitrogen functional groups attached to an aromatic ring is 1. The maximum atomic E-state index is 11.6. The Hall–Kier alpha value is -1.57. The number of carbonyl (C=O) groups excluding carboxylic acids is 1. The number of pyridine rings is 1. The van der Waals surface area contributed by atoms with Crippen LogP contribution in [0.4, 0.5) is 0 Å². The maximum Gasteiger partial charge on any atom is 0.268 e. The van der Waals surface area contributed by atoms with Crippen molar-refractivity contribution in [2.45, 2.75) is 5.03 Å². The summed E-state index contributed by atoms with van der Waals surface area (Å²) in [7, 11) is 0. The molecule has 1 heterocycles. The number of ether oxygens (including phenoxy) is 1. The minimum atomic E-state index is -0.370. The zero-order valence-electron chi connectivity index (χ0n) is 11.1. The van der Waals surface area contributed by atoms with Gasteiger partial charge in [0.05, 0.1) is 12.2 Å². The molecule has 0 aliphatic carbocycles. The molecule has 0 radical (unpaired) electrons. The van der Waals surface area contributed by atoms with E-state index in [1.165, 1.54) is 0 Å². The Bertz CT molecular complexity index is 625. The largest absolute Gasteiger partial charge is 0.492 e. The van der Waals surface area contributed by atoms with Crippen molar-refractivity contribution < 1.29 is 9.53 Å². The summed E-state index contributed by atoms with van der Waals surface area (Å²) in [6.07, 6.45) is 1.74. The van der Waals surface area contributed by atoms with Gasteiger partial charge < -0.3 is 4.74 Å². The molecular formula is C14H14BrN3O2S. The topological polar surface area (TPSA) is 77.2 Å². The lowest BCUT2D eigenvalue weighted by atomic mass is 10.2. The van der Waals surface area contributed by atoms with Crippen LogP contribution in [0.5, 0.6) is 5.75 Å². The van der Waals surface area contributed by atoms with Crippen LogP contribution in [-0.2, 0) is 0 Å². The zero-order chi connectivity index (χ0) is 15.1. The van der Waals surface area contributed by atoms with Gasteiger partial charge in [0.1, 0.15) is 10.8 Å². The monoisotopic (exact) mass is 367 g/mol. The molecular weight excluding hydrogens is 354 g/mol. The van der Waals surface area contributed by atoms with Crippen LogP contribution in [0.2, 0.25) is 0 Å². The molecule has 1 aromatic carbocycles. The molecule has 5 nitrogen and oxygen atoms in total. The minimum absolute atomic E-state index is 0.370. The molecule has 2 rings (SSSR count). The second kappa shape index (κ2) is 8.02. The first-order chi connectivity index (χ1) is 10.2. The highest BCUT2D eigenvalue weighted by atomic mass is 79.9. The van der Waals surface area contributed by atoms with E-state index in [0.29, 0.717) is 23.7 Å². The molecule has 0 fully saturated rings. The van der Waals surface area contributed by atoms with Crippen molar-refractivity contribution >= 4 is 33.6 Å². The van der Waals surface area contributed by atoms with Gasteiger partial charge in [0, 0.05) is 16.4 Å². The van der Waals surface area contributed by atoms with Gasteiger partial charge in [0.15, 0.2) is 0 Å². The Labute approximate surface area is 135 Å². The number of hydrogen-bond acceptors (Lipinski definition) is 5. The Morgan fingerprint density at radius 3 is 2.90 bits per heavy atom. The van der Waals surface area contributed by atoms with Crippen LogP contribution >= 0.6 is 27.7 Å². The average Bonchev–Trinajstić information content (AvgIpc) is 2.52. The van der Waals surface area contributed by atoms with Gasteiger partial charge >= 0.3 is 0 Å². The fourth-order valence-corrected chi connectivity index (χ4v) is 2.92. The van der Waals surface area contributed by atoms with Crippen molar-refractivity contribution in [3.05, 3.63) is 52.6 Å². The predicted molar refractivity (Wildman–Crippen MR) is 86.3 cm³/mol. The maximum absolute atomic E-state index is 11.6. The lowest BCUT2D eigenvalue weighted by molar-refractivity contribution is 0.0950. The number of halogens is 1. The molecule has 0 bridgehead atoms. The van der Waals surface area contributed by atoms with Crippen molar-refractivity contribution in [2.75, 3.05) is 12.4 Å². The minimum Gasteiger partial charge on any atom is -0.492 e. The number of amides is 1. The fourth-order valence-electron chi connectivity index (χ4n) is 1.63. The van der Waals surface area contributed by atoms with E-state index in [1.807, 2.05) is 18.2 Å². The summed E-state index contributed by atoms with van der Waals surface area (Å²) >= 11 is 5.02. The Morgan fingerprint density at radius 2 is 2.14 bits per heavy atom. The van der Waals surface area contributed by atoms with Gasteiger partial charge in [-0.15, -0.1) is 11.8 Å². The van der Waals surface area contributed by atoms with Crippen LogP contribution in [0.1, 0.15) is 10.4 Å². The predicted octanol–water partition coefficient (Wildman–Crippen LogP) is 2.62. The molecule has 0 aliphatic rings. The number of aromatic nitrogens is 1. The number of rotatable bonds is 6. The second-order valence-corrected chi connectivity index (χ2v) is 5.89. The van der Waals surface area contributed by atoms with E-state index in [0.717, 1.165) is 9.50 Å². The summed E-state index contributed by atoms with van der Waals surface area (Å²) in [5.74, 6) is 6.01. The third kappa shape index (κ3) is 4.45. The van der Waals surface area contributed by atoms with Crippen molar-refractivity contribution in [2.24, 2.45) is 5.84 Å². The number of carbonyl (C=O) groups is 1. The molecule has 0 spiro atoms. The molecule has 0 atom stereocenters. The number of nitrogens with two attached hydrogens (primary N) is 1. The average molecular weight is 368 g/mol. The van der Waals surface area contributed by atoms with E-state index < -0.39 is 0 Å². The van der Waals surface area contributed by atoms with Crippen LogP contribution in [0, 0.1) is 0 Å². The van der Waals surface area contributed by atoms with E-state index in [2.05, 4.69) is 26.3 Å². The van der Waals surface area contributed by atoms with Crippen molar-refractivity contribution in [3.8, 4) is 5.75 Å². The lowest BCUT2D eigenvalue weighted by Crippen LogP contribution is -2.30. The van der Waals surface area contributed by atoms with Crippen LogP contribution in [-0.4, -0.2) is 23.3 Å². The standard InChI is InChI=1S/C14H14BrN3O2S/c15-11-5-3-7-17-14(11)21-9-8-20-12-6-2-1-4-10(12)13(19)18-16/h1-7H,8-9,16H2,(H,18,19). The van der Waals surface area contributed by atoms with Crippen molar-refractivity contribution in [1.29, 1.82) is 0 Å². The number of nitrogens with zero attached hydrogens (tertiary/aromatic N) is 1. The molecule has 0 saturated heterocycles. The van der Waals surface area contributed by atoms with E-state index >= 15 is 0 Å². The summed E-state index contributed by atoms with van der Waals surface area (Å²) in [5.41, 5.74) is 2.53. The number of benzene rings is 1. The number of para-hydroxylation sites is 1. The molecule has 1 amide bonds. The van der Waals surface area contributed by atoms with Crippen LogP contribution in [0.25, 0.3) is 0 Å². The first-order valence-electron chi connectivity index (χ1n) is 6.18. The quantitative estimate of drug-likeness (QED) is 0.270. The van der Waals surface area contributed by atoms with Gasteiger partial charge in [-0.25, -0.2) is 10.8 Å². The number of nitrogens with one attached hydrogen (secondary N) is 1. The summed E-state index contributed by atoms with van der Waals surface area (Å²) in [5, 5.41) is 0.911. The summed E-state index contributed by atoms with van der Waals surface area (Å²) in [4.78, 5) is 15.9. The smallest absolute Gasteiger partial charge is 0.268 e. The molecule has 0 aliphatic heterocycles. The first-order valence-corrected chi connectivity index (χ1v) is 7.96. The summed E-state index contributed by atoms with van der Waals surface area (Å²) < 4.78 is 6.60. The molecule has 2 aromatic rings.